The standard InChI is InChI=1S/C15H18N2O5S/c1-9-15(10(2)22-16-9)23(19,20)17-7-6-14(18)12-8-11(21-3)4-5-13(12)17/h4-5,8,14,18H,6-7H2,1-3H3. The summed E-state index contributed by atoms with van der Waals surface area (Å²) in [5, 5.41) is 13.9. The molecule has 1 N–H and O–H groups in total. The van der Waals surface area contributed by atoms with Gasteiger partial charge < -0.3 is 14.4 Å². The second-order valence-corrected chi connectivity index (χ2v) is 7.26. The molecule has 1 aromatic carbocycles. The summed E-state index contributed by atoms with van der Waals surface area (Å²) >= 11 is 0. The lowest BCUT2D eigenvalue weighted by Crippen LogP contribution is -2.37. The molecule has 2 heterocycles. The fourth-order valence-corrected chi connectivity index (χ4v) is 4.67. The van der Waals surface area contributed by atoms with E-state index in [0.29, 0.717) is 29.1 Å². The van der Waals surface area contributed by atoms with Crippen LogP contribution in [0.25, 0.3) is 0 Å². The van der Waals surface area contributed by atoms with Crippen molar-refractivity contribution in [2.24, 2.45) is 0 Å². The fraction of sp³-hybridized carbons (Fsp3) is 0.400. The van der Waals surface area contributed by atoms with Crippen LogP contribution in [-0.2, 0) is 10.0 Å². The average molecular weight is 338 g/mol. The minimum Gasteiger partial charge on any atom is -0.497 e. The number of aliphatic hydroxyl groups excluding tert-OH is 1. The van der Waals surface area contributed by atoms with E-state index in [2.05, 4.69) is 5.16 Å². The van der Waals surface area contributed by atoms with Gasteiger partial charge in [0.05, 0.1) is 18.9 Å². The molecule has 0 saturated carbocycles. The van der Waals surface area contributed by atoms with E-state index in [-0.39, 0.29) is 17.2 Å². The highest BCUT2D eigenvalue weighted by atomic mass is 32.2. The Balaban J connectivity index is 2.14. The van der Waals surface area contributed by atoms with Gasteiger partial charge in [-0.3, -0.25) is 4.31 Å². The number of nitrogens with zero attached hydrogens (tertiary/aromatic N) is 2. The quantitative estimate of drug-likeness (QED) is 0.919. The summed E-state index contributed by atoms with van der Waals surface area (Å²) in [7, 11) is -2.29. The van der Waals surface area contributed by atoms with Crippen LogP contribution >= 0.6 is 0 Å². The van der Waals surface area contributed by atoms with Gasteiger partial charge >= 0.3 is 0 Å². The molecular weight excluding hydrogens is 320 g/mol. The number of aryl methyl sites for hydroxylation is 2. The van der Waals surface area contributed by atoms with E-state index in [0.717, 1.165) is 0 Å². The molecule has 0 radical (unpaired) electrons. The highest BCUT2D eigenvalue weighted by Crippen LogP contribution is 2.39. The van der Waals surface area contributed by atoms with Crippen molar-refractivity contribution in [3.05, 3.63) is 35.2 Å². The summed E-state index contributed by atoms with van der Waals surface area (Å²) in [6.07, 6.45) is -0.417. The zero-order valence-electron chi connectivity index (χ0n) is 13.1. The number of ether oxygens (including phenoxy) is 1. The van der Waals surface area contributed by atoms with E-state index < -0.39 is 16.1 Å². The number of anilines is 1. The van der Waals surface area contributed by atoms with Crippen LogP contribution in [0.2, 0.25) is 0 Å². The highest BCUT2D eigenvalue weighted by molar-refractivity contribution is 7.93. The van der Waals surface area contributed by atoms with E-state index in [1.807, 2.05) is 0 Å². The molecule has 0 aliphatic carbocycles. The Kier molecular flexibility index (Phi) is 3.81. The first-order valence-electron chi connectivity index (χ1n) is 7.18. The van der Waals surface area contributed by atoms with E-state index in [9.17, 15) is 13.5 Å². The molecule has 1 aliphatic rings. The van der Waals surface area contributed by atoms with Gasteiger partial charge in [-0.1, -0.05) is 5.16 Å². The Labute approximate surface area is 134 Å². The van der Waals surface area contributed by atoms with Gasteiger partial charge in [-0.15, -0.1) is 0 Å². The van der Waals surface area contributed by atoms with Crippen molar-refractivity contribution in [3.8, 4) is 5.75 Å². The van der Waals surface area contributed by atoms with Crippen molar-refractivity contribution in [1.29, 1.82) is 0 Å². The van der Waals surface area contributed by atoms with Crippen LogP contribution in [0.15, 0.2) is 27.6 Å². The van der Waals surface area contributed by atoms with Gasteiger partial charge in [-0.05, 0) is 38.5 Å². The summed E-state index contributed by atoms with van der Waals surface area (Å²) in [4.78, 5) is 0.0793. The fourth-order valence-electron chi connectivity index (χ4n) is 2.87. The third kappa shape index (κ3) is 2.47. The number of fused-ring (bicyclic) bond motifs is 1. The molecule has 7 nitrogen and oxygen atoms in total. The lowest BCUT2D eigenvalue weighted by atomic mass is 10.0. The Morgan fingerprint density at radius 3 is 2.74 bits per heavy atom. The zero-order chi connectivity index (χ0) is 16.8. The number of rotatable bonds is 3. The number of benzene rings is 1. The van der Waals surface area contributed by atoms with E-state index in [1.165, 1.54) is 11.4 Å². The lowest BCUT2D eigenvalue weighted by molar-refractivity contribution is 0.166. The summed E-state index contributed by atoms with van der Waals surface area (Å²) in [5.74, 6) is 0.822. The number of aromatic nitrogens is 1. The predicted molar refractivity (Wildman–Crippen MR) is 83.1 cm³/mol. The predicted octanol–water partition coefficient (Wildman–Crippen LogP) is 1.93. The minimum atomic E-state index is -3.81. The normalized spacial score (nSPS) is 17.9. The summed E-state index contributed by atoms with van der Waals surface area (Å²) < 4.78 is 37.5. The van der Waals surface area contributed by atoms with Crippen LogP contribution in [0, 0.1) is 13.8 Å². The van der Waals surface area contributed by atoms with Gasteiger partial charge in [-0.2, -0.15) is 0 Å². The Hall–Kier alpha value is -2.06. The summed E-state index contributed by atoms with van der Waals surface area (Å²) in [6, 6.07) is 4.98. The molecule has 0 fully saturated rings. The number of hydrogen-bond donors (Lipinski definition) is 1. The monoisotopic (exact) mass is 338 g/mol. The smallest absolute Gasteiger partial charge is 0.269 e. The van der Waals surface area contributed by atoms with Crippen LogP contribution in [0.5, 0.6) is 5.75 Å². The lowest BCUT2D eigenvalue weighted by Gasteiger charge is -2.33. The number of aliphatic hydroxyl groups is 1. The van der Waals surface area contributed by atoms with E-state index in [4.69, 9.17) is 9.26 Å². The van der Waals surface area contributed by atoms with Crippen LogP contribution in [0.1, 0.15) is 29.5 Å². The molecule has 8 heteroatoms. The zero-order valence-corrected chi connectivity index (χ0v) is 13.9. The molecule has 3 rings (SSSR count). The van der Waals surface area contributed by atoms with Crippen molar-refractivity contribution < 1.29 is 22.8 Å². The van der Waals surface area contributed by atoms with E-state index in [1.54, 1.807) is 32.0 Å². The maximum absolute atomic E-state index is 13.0. The molecule has 1 aromatic heterocycles. The maximum atomic E-state index is 13.0. The second-order valence-electron chi connectivity index (χ2n) is 5.46. The molecule has 1 unspecified atom stereocenters. The number of methoxy groups -OCH3 is 1. The largest absolute Gasteiger partial charge is 0.497 e. The van der Waals surface area contributed by atoms with Gasteiger partial charge in [0.2, 0.25) is 0 Å². The van der Waals surface area contributed by atoms with Crippen molar-refractivity contribution in [2.75, 3.05) is 18.0 Å². The highest BCUT2D eigenvalue weighted by Gasteiger charge is 2.36. The van der Waals surface area contributed by atoms with Gasteiger partial charge in [0.1, 0.15) is 11.4 Å². The molecule has 23 heavy (non-hydrogen) atoms. The third-order valence-corrected chi connectivity index (χ3v) is 6.04. The van der Waals surface area contributed by atoms with Gasteiger partial charge in [0.25, 0.3) is 10.0 Å². The Bertz CT molecular complexity index is 824. The first-order valence-corrected chi connectivity index (χ1v) is 8.62. The van der Waals surface area contributed by atoms with Crippen LogP contribution in [0.4, 0.5) is 5.69 Å². The average Bonchev–Trinajstić information content (AvgIpc) is 2.86. The first kappa shape index (κ1) is 15.8. The molecule has 1 atom stereocenters. The first-order chi connectivity index (χ1) is 10.9. The summed E-state index contributed by atoms with van der Waals surface area (Å²) in [5.41, 5.74) is 1.30. The van der Waals surface area contributed by atoms with Crippen molar-refractivity contribution in [2.45, 2.75) is 31.3 Å². The van der Waals surface area contributed by atoms with Crippen molar-refractivity contribution in [1.82, 2.24) is 5.16 Å². The minimum absolute atomic E-state index is 0.0793. The number of hydrogen-bond acceptors (Lipinski definition) is 6. The Morgan fingerprint density at radius 2 is 2.13 bits per heavy atom. The van der Waals surface area contributed by atoms with Gasteiger partial charge in [-0.25, -0.2) is 8.42 Å². The van der Waals surface area contributed by atoms with Crippen LogP contribution in [0.3, 0.4) is 0 Å². The molecular formula is C15H18N2O5S. The second kappa shape index (κ2) is 5.54. The molecule has 124 valence electrons. The van der Waals surface area contributed by atoms with Crippen molar-refractivity contribution in [3.63, 3.8) is 0 Å². The van der Waals surface area contributed by atoms with Gasteiger partial charge in [0, 0.05) is 12.1 Å². The molecule has 1 aliphatic heterocycles. The van der Waals surface area contributed by atoms with Crippen LogP contribution < -0.4 is 9.04 Å². The molecule has 0 bridgehead atoms. The SMILES string of the molecule is COc1ccc2c(c1)C(O)CCN2S(=O)(=O)c1c(C)noc1C. The molecule has 0 amide bonds. The number of sulfonamides is 1. The molecule has 0 spiro atoms. The van der Waals surface area contributed by atoms with E-state index >= 15 is 0 Å². The van der Waals surface area contributed by atoms with Gasteiger partial charge in [0.15, 0.2) is 10.7 Å². The summed E-state index contributed by atoms with van der Waals surface area (Å²) in [6.45, 7) is 3.35. The third-order valence-electron chi connectivity index (χ3n) is 3.98. The van der Waals surface area contributed by atoms with Crippen molar-refractivity contribution >= 4 is 15.7 Å². The topological polar surface area (TPSA) is 92.9 Å². The molecule has 0 saturated heterocycles. The molecule has 2 aromatic rings. The van der Waals surface area contributed by atoms with Crippen LogP contribution in [-0.4, -0.2) is 32.3 Å². The maximum Gasteiger partial charge on any atom is 0.269 e. The Morgan fingerprint density at radius 1 is 1.39 bits per heavy atom.